The molecule has 0 unspecified atom stereocenters. The number of ether oxygens (including phenoxy) is 1. The number of fused-ring (bicyclic) bond motifs is 1. The second-order valence-electron chi connectivity index (χ2n) is 6.47. The van der Waals surface area contributed by atoms with E-state index in [1.165, 1.54) is 18.5 Å². The Labute approximate surface area is 143 Å². The van der Waals surface area contributed by atoms with Gasteiger partial charge in [-0.05, 0) is 64.2 Å². The smallest absolute Gasteiger partial charge is 0.339 e. The van der Waals surface area contributed by atoms with Crippen LogP contribution in [-0.2, 0) is 4.74 Å². The number of hydrogen-bond acceptors (Lipinski definition) is 5. The van der Waals surface area contributed by atoms with Crippen molar-refractivity contribution in [3.63, 3.8) is 0 Å². The van der Waals surface area contributed by atoms with Gasteiger partial charge in [-0.2, -0.15) is 0 Å². The molecule has 2 aromatic rings. The van der Waals surface area contributed by atoms with Crippen molar-refractivity contribution >= 4 is 22.6 Å². The van der Waals surface area contributed by atoms with E-state index >= 15 is 0 Å². The van der Waals surface area contributed by atoms with Gasteiger partial charge < -0.3 is 14.5 Å². The largest absolute Gasteiger partial charge is 0.462 e. The molecule has 128 valence electrons. The summed E-state index contributed by atoms with van der Waals surface area (Å²) in [4.78, 5) is 21.0. The zero-order chi connectivity index (χ0) is 17.1. The molecule has 1 aromatic heterocycles. The molecule has 1 fully saturated rings. The minimum atomic E-state index is -0.319. The Kier molecular flexibility index (Phi) is 5.00. The van der Waals surface area contributed by atoms with Gasteiger partial charge in [-0.15, -0.1) is 0 Å². The van der Waals surface area contributed by atoms with E-state index in [-0.39, 0.29) is 5.97 Å². The lowest BCUT2D eigenvalue weighted by Crippen LogP contribution is -2.41. The first-order chi connectivity index (χ1) is 11.6. The van der Waals surface area contributed by atoms with E-state index in [0.717, 1.165) is 24.0 Å². The summed E-state index contributed by atoms with van der Waals surface area (Å²) in [5, 5.41) is 0.970. The molecule has 2 heterocycles. The summed E-state index contributed by atoms with van der Waals surface area (Å²) in [6, 6.07) is 8.66. The summed E-state index contributed by atoms with van der Waals surface area (Å²) in [6.45, 7) is 4.45. The zero-order valence-corrected chi connectivity index (χ0v) is 14.7. The number of benzene rings is 1. The topological polar surface area (TPSA) is 45.7 Å². The number of rotatable bonds is 4. The Bertz CT molecular complexity index is 724. The van der Waals surface area contributed by atoms with Crippen LogP contribution in [0.2, 0.25) is 0 Å². The van der Waals surface area contributed by atoms with Gasteiger partial charge in [-0.3, -0.25) is 4.98 Å². The van der Waals surface area contributed by atoms with Gasteiger partial charge in [0.2, 0.25) is 0 Å². The van der Waals surface area contributed by atoms with Crippen molar-refractivity contribution in [3.8, 4) is 0 Å². The molecule has 1 saturated heterocycles. The van der Waals surface area contributed by atoms with E-state index < -0.39 is 0 Å². The number of carbonyl (C=O) groups excluding carboxylic acids is 1. The van der Waals surface area contributed by atoms with Gasteiger partial charge in [-0.25, -0.2) is 4.79 Å². The van der Waals surface area contributed by atoms with Crippen molar-refractivity contribution in [1.29, 1.82) is 0 Å². The molecule has 0 atom stereocenters. The normalized spacial score (nSPS) is 16.3. The van der Waals surface area contributed by atoms with Crippen LogP contribution >= 0.6 is 0 Å². The fraction of sp³-hybridized carbons (Fsp3) is 0.474. The van der Waals surface area contributed by atoms with Crippen LogP contribution in [0.1, 0.15) is 30.1 Å². The van der Waals surface area contributed by atoms with Crippen LogP contribution in [0.25, 0.3) is 10.9 Å². The molecule has 1 aliphatic rings. The van der Waals surface area contributed by atoms with E-state index in [2.05, 4.69) is 41.0 Å². The molecular formula is C19H25N3O2. The molecule has 0 amide bonds. The van der Waals surface area contributed by atoms with Crippen molar-refractivity contribution in [3.05, 3.63) is 36.0 Å². The number of esters is 1. The monoisotopic (exact) mass is 327 g/mol. The summed E-state index contributed by atoms with van der Waals surface area (Å²) in [7, 11) is 4.33. The lowest BCUT2D eigenvalue weighted by Gasteiger charge is -2.36. The average molecular weight is 327 g/mol. The number of likely N-dealkylation sites (tertiary alicyclic amines) is 1. The second-order valence-corrected chi connectivity index (χ2v) is 6.47. The number of aromatic nitrogens is 1. The van der Waals surface area contributed by atoms with Gasteiger partial charge in [0, 0.05) is 30.4 Å². The molecule has 0 saturated carbocycles. The first kappa shape index (κ1) is 16.7. The summed E-state index contributed by atoms with van der Waals surface area (Å²) in [5.41, 5.74) is 2.56. The maximum absolute atomic E-state index is 11.9. The van der Waals surface area contributed by atoms with E-state index in [1.54, 1.807) is 13.1 Å². The van der Waals surface area contributed by atoms with Gasteiger partial charge in [0.25, 0.3) is 0 Å². The highest BCUT2D eigenvalue weighted by Gasteiger charge is 2.21. The number of hydrogen-bond donors (Lipinski definition) is 0. The van der Waals surface area contributed by atoms with Crippen LogP contribution in [0, 0.1) is 0 Å². The minimum absolute atomic E-state index is 0.319. The molecule has 1 aliphatic heterocycles. The fourth-order valence-electron chi connectivity index (χ4n) is 3.26. The van der Waals surface area contributed by atoms with Crippen LogP contribution in [0.5, 0.6) is 0 Å². The predicted molar refractivity (Wildman–Crippen MR) is 96.6 cm³/mol. The molecule has 0 aliphatic carbocycles. The summed E-state index contributed by atoms with van der Waals surface area (Å²) < 4.78 is 5.07. The van der Waals surface area contributed by atoms with Crippen molar-refractivity contribution in [1.82, 2.24) is 9.88 Å². The van der Waals surface area contributed by atoms with Crippen LogP contribution in [0.15, 0.2) is 30.5 Å². The molecule has 3 rings (SSSR count). The quantitative estimate of drug-likeness (QED) is 0.808. The van der Waals surface area contributed by atoms with Gasteiger partial charge >= 0.3 is 5.97 Å². The van der Waals surface area contributed by atoms with Gasteiger partial charge in [0.1, 0.15) is 0 Å². The standard InChI is InChI=1S/C19H25N3O2/c1-4-24-19(23)15-11-14-12-17(5-6-18(14)20-13-15)22(3)16-7-9-21(2)10-8-16/h5-6,11-13,16H,4,7-10H2,1-3H3. The van der Waals surface area contributed by atoms with E-state index in [1.807, 2.05) is 12.1 Å². The number of anilines is 1. The van der Waals surface area contributed by atoms with Crippen molar-refractivity contribution < 1.29 is 9.53 Å². The lowest BCUT2D eigenvalue weighted by molar-refractivity contribution is 0.0526. The van der Waals surface area contributed by atoms with Crippen molar-refractivity contribution in [2.75, 3.05) is 38.7 Å². The Hall–Kier alpha value is -2.14. The lowest BCUT2D eigenvalue weighted by atomic mass is 10.0. The molecule has 5 nitrogen and oxygen atoms in total. The first-order valence-corrected chi connectivity index (χ1v) is 8.57. The number of piperidine rings is 1. The maximum Gasteiger partial charge on any atom is 0.339 e. The molecule has 5 heteroatoms. The summed E-state index contributed by atoms with van der Waals surface area (Å²) >= 11 is 0. The molecule has 1 aromatic carbocycles. The van der Waals surface area contributed by atoms with E-state index in [9.17, 15) is 4.79 Å². The number of nitrogens with zero attached hydrogens (tertiary/aromatic N) is 3. The molecule has 0 N–H and O–H groups in total. The third kappa shape index (κ3) is 3.51. The fourth-order valence-corrected chi connectivity index (χ4v) is 3.26. The second kappa shape index (κ2) is 7.18. The minimum Gasteiger partial charge on any atom is -0.462 e. The third-order valence-electron chi connectivity index (χ3n) is 4.82. The molecule has 0 bridgehead atoms. The third-order valence-corrected chi connectivity index (χ3v) is 4.82. The summed E-state index contributed by atoms with van der Waals surface area (Å²) in [5.74, 6) is -0.319. The highest BCUT2D eigenvalue weighted by molar-refractivity contribution is 5.94. The molecule has 24 heavy (non-hydrogen) atoms. The Morgan fingerprint density at radius 1 is 1.33 bits per heavy atom. The van der Waals surface area contributed by atoms with Crippen LogP contribution in [-0.4, -0.2) is 55.7 Å². The van der Waals surface area contributed by atoms with Crippen molar-refractivity contribution in [2.45, 2.75) is 25.8 Å². The molecular weight excluding hydrogens is 302 g/mol. The highest BCUT2D eigenvalue weighted by atomic mass is 16.5. The number of carbonyl (C=O) groups is 1. The highest BCUT2D eigenvalue weighted by Crippen LogP contribution is 2.25. The zero-order valence-electron chi connectivity index (χ0n) is 14.7. The van der Waals surface area contributed by atoms with Crippen LogP contribution in [0.3, 0.4) is 0 Å². The van der Waals surface area contributed by atoms with Gasteiger partial charge in [0.15, 0.2) is 0 Å². The average Bonchev–Trinajstić information content (AvgIpc) is 2.61. The molecule has 0 radical (unpaired) electrons. The van der Waals surface area contributed by atoms with E-state index in [4.69, 9.17) is 4.74 Å². The van der Waals surface area contributed by atoms with Gasteiger partial charge in [0.05, 0.1) is 17.7 Å². The van der Waals surface area contributed by atoms with Gasteiger partial charge in [-0.1, -0.05) is 0 Å². The Morgan fingerprint density at radius 2 is 2.08 bits per heavy atom. The first-order valence-electron chi connectivity index (χ1n) is 8.57. The summed E-state index contributed by atoms with van der Waals surface area (Å²) in [6.07, 6.45) is 3.93. The Balaban J connectivity index is 1.85. The predicted octanol–water partition coefficient (Wildman–Crippen LogP) is 2.94. The maximum atomic E-state index is 11.9. The van der Waals surface area contributed by atoms with Crippen LogP contribution in [0.4, 0.5) is 5.69 Å². The van der Waals surface area contributed by atoms with Crippen molar-refractivity contribution in [2.24, 2.45) is 0 Å². The van der Waals surface area contributed by atoms with Crippen LogP contribution < -0.4 is 4.90 Å². The number of pyridine rings is 1. The SMILES string of the molecule is CCOC(=O)c1cnc2ccc(N(C)C3CCN(C)CC3)cc2c1. The molecule has 0 spiro atoms. The van der Waals surface area contributed by atoms with E-state index in [0.29, 0.717) is 18.2 Å². The Morgan fingerprint density at radius 3 is 2.79 bits per heavy atom.